The first-order chi connectivity index (χ1) is 10.0. The van der Waals surface area contributed by atoms with Crippen molar-refractivity contribution in [3.63, 3.8) is 0 Å². The zero-order valence-electron chi connectivity index (χ0n) is 11.2. The molecule has 0 aliphatic rings. The Morgan fingerprint density at radius 3 is 2.62 bits per heavy atom. The molecule has 21 heavy (non-hydrogen) atoms. The number of rotatable bonds is 4. The van der Waals surface area contributed by atoms with Gasteiger partial charge in [0.2, 0.25) is 0 Å². The third kappa shape index (κ3) is 3.47. The minimum Gasteiger partial charge on any atom is -0.505 e. The van der Waals surface area contributed by atoms with E-state index in [-0.39, 0.29) is 17.8 Å². The van der Waals surface area contributed by atoms with Crippen LogP contribution in [0, 0.1) is 11.6 Å². The van der Waals surface area contributed by atoms with Crippen molar-refractivity contribution >= 4 is 11.7 Å². The largest absolute Gasteiger partial charge is 0.505 e. The summed E-state index contributed by atoms with van der Waals surface area (Å²) < 4.78 is 31.4. The van der Waals surface area contributed by atoms with Crippen molar-refractivity contribution < 1.29 is 23.4 Å². The third-order valence-electron chi connectivity index (χ3n) is 2.88. The van der Waals surface area contributed by atoms with E-state index in [9.17, 15) is 13.6 Å². The van der Waals surface area contributed by atoms with Crippen molar-refractivity contribution in [3.8, 4) is 5.75 Å². The third-order valence-corrected chi connectivity index (χ3v) is 2.88. The number of phenolic OH excluding ortho intramolecular Hbond substituents is 1. The summed E-state index contributed by atoms with van der Waals surface area (Å²) in [5, 5.41) is 11.9. The molecule has 2 aromatic carbocycles. The highest BCUT2D eigenvalue weighted by molar-refractivity contribution is 5.90. The highest BCUT2D eigenvalue weighted by atomic mass is 19.1. The molecule has 2 aromatic rings. The topological polar surface area (TPSA) is 58.6 Å². The lowest BCUT2D eigenvalue weighted by Crippen LogP contribution is -2.06. The standard InChI is InChI=1S/C15H13F2NO3/c1-21-15(20)10-3-4-11(16)13(7-10)18-8-9-2-5-14(19)12(17)6-9/h2-7,18-19H,8H2,1H3. The van der Waals surface area contributed by atoms with Crippen LogP contribution in [0.3, 0.4) is 0 Å². The first-order valence-electron chi connectivity index (χ1n) is 6.10. The van der Waals surface area contributed by atoms with Crippen molar-refractivity contribution in [2.75, 3.05) is 12.4 Å². The Kier molecular flexibility index (Phi) is 4.37. The summed E-state index contributed by atoms with van der Waals surface area (Å²) in [7, 11) is 1.23. The SMILES string of the molecule is COC(=O)c1ccc(F)c(NCc2ccc(O)c(F)c2)c1. The second kappa shape index (κ2) is 6.21. The van der Waals surface area contributed by atoms with Gasteiger partial charge in [0.1, 0.15) is 5.82 Å². The molecule has 0 amide bonds. The molecule has 0 aliphatic carbocycles. The number of anilines is 1. The number of hydrogen-bond acceptors (Lipinski definition) is 4. The number of nitrogens with one attached hydrogen (secondary N) is 1. The van der Waals surface area contributed by atoms with Crippen molar-refractivity contribution in [1.82, 2.24) is 0 Å². The van der Waals surface area contributed by atoms with E-state index in [4.69, 9.17) is 5.11 Å². The second-order valence-electron chi connectivity index (χ2n) is 4.33. The van der Waals surface area contributed by atoms with Crippen LogP contribution in [-0.2, 0) is 11.3 Å². The zero-order chi connectivity index (χ0) is 15.4. The molecule has 0 bridgehead atoms. The molecule has 0 aromatic heterocycles. The van der Waals surface area contributed by atoms with Crippen LogP contribution in [0.15, 0.2) is 36.4 Å². The van der Waals surface area contributed by atoms with Gasteiger partial charge in [0.15, 0.2) is 11.6 Å². The predicted molar refractivity (Wildman–Crippen MR) is 73.1 cm³/mol. The molecule has 0 saturated heterocycles. The van der Waals surface area contributed by atoms with Crippen LogP contribution >= 0.6 is 0 Å². The molecule has 4 nitrogen and oxygen atoms in total. The Hall–Kier alpha value is -2.63. The molecule has 2 rings (SSSR count). The average Bonchev–Trinajstić information content (AvgIpc) is 2.49. The van der Waals surface area contributed by atoms with Crippen LogP contribution in [0.2, 0.25) is 0 Å². The lowest BCUT2D eigenvalue weighted by atomic mass is 10.1. The van der Waals surface area contributed by atoms with Crippen LogP contribution in [0.25, 0.3) is 0 Å². The average molecular weight is 293 g/mol. The number of ether oxygens (including phenoxy) is 1. The minimum absolute atomic E-state index is 0.103. The molecule has 0 fully saturated rings. The van der Waals surface area contributed by atoms with E-state index in [1.165, 1.54) is 31.4 Å². The van der Waals surface area contributed by atoms with E-state index < -0.39 is 23.4 Å². The molecular weight excluding hydrogens is 280 g/mol. The smallest absolute Gasteiger partial charge is 0.337 e. The molecule has 0 heterocycles. The fourth-order valence-corrected chi connectivity index (χ4v) is 1.76. The van der Waals surface area contributed by atoms with Gasteiger partial charge in [-0.25, -0.2) is 13.6 Å². The van der Waals surface area contributed by atoms with E-state index in [0.29, 0.717) is 5.56 Å². The van der Waals surface area contributed by atoms with Crippen molar-refractivity contribution in [3.05, 3.63) is 59.2 Å². The normalized spacial score (nSPS) is 10.2. The molecule has 2 N–H and O–H groups in total. The highest BCUT2D eigenvalue weighted by Crippen LogP contribution is 2.20. The van der Waals surface area contributed by atoms with Gasteiger partial charge in [-0.1, -0.05) is 6.07 Å². The van der Waals surface area contributed by atoms with Gasteiger partial charge in [0, 0.05) is 6.54 Å². The first kappa shape index (κ1) is 14.8. The summed E-state index contributed by atoms with van der Waals surface area (Å²) in [5.41, 5.74) is 0.831. The van der Waals surface area contributed by atoms with E-state index >= 15 is 0 Å². The van der Waals surface area contributed by atoms with Crippen LogP contribution in [0.5, 0.6) is 5.75 Å². The van der Waals surface area contributed by atoms with E-state index in [1.807, 2.05) is 0 Å². The molecule has 0 spiro atoms. The summed E-state index contributed by atoms with van der Waals surface area (Å²) >= 11 is 0. The summed E-state index contributed by atoms with van der Waals surface area (Å²) in [6.45, 7) is 0.138. The number of hydrogen-bond donors (Lipinski definition) is 2. The van der Waals surface area contributed by atoms with Crippen LogP contribution in [-0.4, -0.2) is 18.2 Å². The van der Waals surface area contributed by atoms with Gasteiger partial charge < -0.3 is 15.2 Å². The summed E-state index contributed by atoms with van der Waals surface area (Å²) in [4.78, 5) is 11.4. The summed E-state index contributed by atoms with van der Waals surface area (Å²) in [5.74, 6) is -2.31. The van der Waals surface area contributed by atoms with Gasteiger partial charge in [0.05, 0.1) is 18.4 Å². The molecule has 6 heteroatoms. The Bertz CT molecular complexity index is 674. The summed E-state index contributed by atoms with van der Waals surface area (Å²) in [6, 6.07) is 7.64. The van der Waals surface area contributed by atoms with Crippen molar-refractivity contribution in [1.29, 1.82) is 0 Å². The van der Waals surface area contributed by atoms with Crippen molar-refractivity contribution in [2.45, 2.75) is 6.54 Å². The quantitative estimate of drug-likeness (QED) is 0.851. The van der Waals surface area contributed by atoms with Gasteiger partial charge >= 0.3 is 5.97 Å². The van der Waals surface area contributed by atoms with Gasteiger partial charge in [-0.3, -0.25) is 0 Å². The zero-order valence-corrected chi connectivity index (χ0v) is 11.2. The molecular formula is C15H13F2NO3. The van der Waals surface area contributed by atoms with Crippen molar-refractivity contribution in [2.24, 2.45) is 0 Å². The molecule has 0 saturated carbocycles. The Morgan fingerprint density at radius 2 is 1.95 bits per heavy atom. The molecule has 110 valence electrons. The first-order valence-corrected chi connectivity index (χ1v) is 6.10. The van der Waals surface area contributed by atoms with E-state index in [2.05, 4.69) is 10.1 Å². The lowest BCUT2D eigenvalue weighted by molar-refractivity contribution is 0.0600. The Morgan fingerprint density at radius 1 is 1.19 bits per heavy atom. The molecule has 0 radical (unpaired) electrons. The fraction of sp³-hybridized carbons (Fsp3) is 0.133. The maximum Gasteiger partial charge on any atom is 0.337 e. The molecule has 0 unspecified atom stereocenters. The second-order valence-corrected chi connectivity index (χ2v) is 4.33. The van der Waals surface area contributed by atoms with E-state index in [1.54, 1.807) is 0 Å². The highest BCUT2D eigenvalue weighted by Gasteiger charge is 2.10. The number of aromatic hydroxyl groups is 1. The maximum absolute atomic E-state index is 13.7. The monoisotopic (exact) mass is 293 g/mol. The molecule has 0 atom stereocenters. The fourth-order valence-electron chi connectivity index (χ4n) is 1.76. The number of carbonyl (C=O) groups excluding carboxylic acids is 1. The lowest BCUT2D eigenvalue weighted by Gasteiger charge is -2.09. The summed E-state index contributed by atoms with van der Waals surface area (Å²) in [6.07, 6.45) is 0. The van der Waals surface area contributed by atoms with Gasteiger partial charge in [-0.15, -0.1) is 0 Å². The van der Waals surface area contributed by atoms with Gasteiger partial charge in [0.25, 0.3) is 0 Å². The number of esters is 1. The number of halogens is 2. The van der Waals surface area contributed by atoms with Crippen LogP contribution < -0.4 is 5.32 Å². The number of benzene rings is 2. The van der Waals surface area contributed by atoms with Crippen LogP contribution in [0.4, 0.5) is 14.5 Å². The number of carbonyl (C=O) groups is 1. The number of methoxy groups -OCH3 is 1. The number of phenols is 1. The van der Waals surface area contributed by atoms with Gasteiger partial charge in [-0.05, 0) is 35.9 Å². The van der Waals surface area contributed by atoms with E-state index in [0.717, 1.165) is 12.1 Å². The maximum atomic E-state index is 13.7. The minimum atomic E-state index is -0.752. The van der Waals surface area contributed by atoms with Crippen LogP contribution in [0.1, 0.15) is 15.9 Å². The molecule has 0 aliphatic heterocycles. The van der Waals surface area contributed by atoms with Gasteiger partial charge in [-0.2, -0.15) is 0 Å². The Labute approximate surface area is 120 Å². The predicted octanol–water partition coefficient (Wildman–Crippen LogP) is 3.07. The Balaban J connectivity index is 2.15.